The minimum Gasteiger partial charge on any atom is -0.467 e. The highest BCUT2D eigenvalue weighted by Gasteiger charge is 2.03. The van der Waals surface area contributed by atoms with E-state index in [-0.39, 0.29) is 24.0 Å². The minimum absolute atomic E-state index is 0. The Kier molecular flexibility index (Phi) is 6.45. The summed E-state index contributed by atoms with van der Waals surface area (Å²) in [6, 6.07) is 9.79. The first-order chi connectivity index (χ1) is 10.8. The van der Waals surface area contributed by atoms with E-state index in [1.54, 1.807) is 13.3 Å². The molecule has 122 valence electrons. The Bertz CT molecular complexity index is 718. The predicted molar refractivity (Wildman–Crippen MR) is 101 cm³/mol. The first-order valence-corrected chi connectivity index (χ1v) is 7.24. The molecule has 23 heavy (non-hydrogen) atoms. The van der Waals surface area contributed by atoms with Crippen LogP contribution in [0.5, 0.6) is 0 Å². The van der Waals surface area contributed by atoms with Gasteiger partial charge in [-0.05, 0) is 24.3 Å². The second-order valence-corrected chi connectivity index (χ2v) is 4.88. The van der Waals surface area contributed by atoms with E-state index in [4.69, 9.17) is 4.42 Å². The highest BCUT2D eigenvalue weighted by atomic mass is 127. The van der Waals surface area contributed by atoms with Crippen molar-refractivity contribution >= 4 is 35.6 Å². The summed E-state index contributed by atoms with van der Waals surface area (Å²) >= 11 is 0. The number of hydrogen-bond donors (Lipinski definition) is 2. The lowest BCUT2D eigenvalue weighted by Crippen LogP contribution is -2.37. The molecule has 0 radical (unpaired) electrons. The molecule has 3 aromatic rings. The third kappa shape index (κ3) is 4.72. The predicted octanol–water partition coefficient (Wildman–Crippen LogP) is 2.45. The molecule has 0 aliphatic heterocycles. The maximum Gasteiger partial charge on any atom is 0.191 e. The summed E-state index contributed by atoms with van der Waals surface area (Å²) in [6.45, 7) is 1.38. The second-order valence-electron chi connectivity index (χ2n) is 4.88. The molecule has 0 atom stereocenters. The Morgan fingerprint density at radius 3 is 2.91 bits per heavy atom. The smallest absolute Gasteiger partial charge is 0.191 e. The molecule has 3 rings (SSSR count). The van der Waals surface area contributed by atoms with Gasteiger partial charge in [-0.1, -0.05) is 6.07 Å². The molecule has 0 aliphatic rings. The Labute approximate surface area is 152 Å². The minimum atomic E-state index is 0. The van der Waals surface area contributed by atoms with E-state index in [1.807, 2.05) is 40.9 Å². The summed E-state index contributed by atoms with van der Waals surface area (Å²) < 4.78 is 7.30. The van der Waals surface area contributed by atoms with E-state index in [2.05, 4.69) is 26.8 Å². The van der Waals surface area contributed by atoms with E-state index < -0.39 is 0 Å². The summed E-state index contributed by atoms with van der Waals surface area (Å²) in [5.41, 5.74) is 2.03. The first kappa shape index (κ1) is 17.3. The van der Waals surface area contributed by atoms with Crippen LogP contribution in [-0.4, -0.2) is 28.9 Å². The standard InChI is InChI=1S/C16H19N5O.HI/c1-17-16(19-11-14-5-4-10-22-14)18-8-7-13-12-21-9-3-2-6-15(21)20-13;/h2-6,9-10,12H,7-8,11H2,1H3,(H2,17,18,19);1H. The fourth-order valence-corrected chi connectivity index (χ4v) is 2.22. The van der Waals surface area contributed by atoms with Crippen molar-refractivity contribution in [2.24, 2.45) is 4.99 Å². The number of hydrogen-bond acceptors (Lipinski definition) is 3. The van der Waals surface area contributed by atoms with Crippen LogP contribution in [0.25, 0.3) is 5.65 Å². The van der Waals surface area contributed by atoms with Crippen LogP contribution >= 0.6 is 24.0 Å². The zero-order valence-corrected chi connectivity index (χ0v) is 15.2. The summed E-state index contributed by atoms with van der Waals surface area (Å²) in [4.78, 5) is 8.76. The molecule has 2 N–H and O–H groups in total. The largest absolute Gasteiger partial charge is 0.467 e. The van der Waals surface area contributed by atoms with Gasteiger partial charge in [0.2, 0.25) is 0 Å². The highest BCUT2D eigenvalue weighted by Crippen LogP contribution is 2.04. The van der Waals surface area contributed by atoms with Crippen molar-refractivity contribution < 1.29 is 4.42 Å². The molecule has 0 bridgehead atoms. The van der Waals surface area contributed by atoms with Gasteiger partial charge in [-0.2, -0.15) is 0 Å². The molecule has 0 aromatic carbocycles. The number of fused-ring (bicyclic) bond motifs is 1. The quantitative estimate of drug-likeness (QED) is 0.375. The van der Waals surface area contributed by atoms with Crippen LogP contribution in [0.2, 0.25) is 0 Å². The van der Waals surface area contributed by atoms with Crippen molar-refractivity contribution in [1.29, 1.82) is 0 Å². The Morgan fingerprint density at radius 1 is 1.26 bits per heavy atom. The number of imidazole rings is 1. The van der Waals surface area contributed by atoms with Gasteiger partial charge >= 0.3 is 0 Å². The number of guanidine groups is 1. The SMILES string of the molecule is CN=C(NCCc1cn2ccccc2n1)NCc1ccco1.I. The first-order valence-electron chi connectivity index (χ1n) is 7.24. The lowest BCUT2D eigenvalue weighted by atomic mass is 10.3. The van der Waals surface area contributed by atoms with Crippen molar-refractivity contribution in [3.63, 3.8) is 0 Å². The van der Waals surface area contributed by atoms with E-state index >= 15 is 0 Å². The number of nitrogens with zero attached hydrogens (tertiary/aromatic N) is 3. The molecule has 0 unspecified atom stereocenters. The number of pyridine rings is 1. The van der Waals surface area contributed by atoms with Crippen LogP contribution in [0.1, 0.15) is 11.5 Å². The van der Waals surface area contributed by atoms with Crippen LogP contribution < -0.4 is 10.6 Å². The molecule has 3 heterocycles. The molecule has 0 spiro atoms. The molecule has 0 saturated carbocycles. The Balaban J connectivity index is 0.00000192. The normalized spacial score (nSPS) is 11.3. The van der Waals surface area contributed by atoms with Crippen molar-refractivity contribution in [2.75, 3.05) is 13.6 Å². The van der Waals surface area contributed by atoms with Gasteiger partial charge in [0.1, 0.15) is 11.4 Å². The third-order valence-corrected chi connectivity index (χ3v) is 3.32. The van der Waals surface area contributed by atoms with Crippen molar-refractivity contribution in [1.82, 2.24) is 20.0 Å². The van der Waals surface area contributed by atoms with Crippen LogP contribution in [-0.2, 0) is 13.0 Å². The van der Waals surface area contributed by atoms with Crippen molar-refractivity contribution in [3.8, 4) is 0 Å². The summed E-state index contributed by atoms with van der Waals surface area (Å²) in [5, 5.41) is 6.48. The maximum absolute atomic E-state index is 5.28. The van der Waals surface area contributed by atoms with Gasteiger partial charge < -0.3 is 19.5 Å². The number of aliphatic imine (C=N–C) groups is 1. The van der Waals surface area contributed by atoms with E-state index in [0.717, 1.165) is 36.0 Å². The van der Waals surface area contributed by atoms with Gasteiger partial charge in [0.05, 0.1) is 18.5 Å². The Morgan fingerprint density at radius 2 is 2.17 bits per heavy atom. The van der Waals surface area contributed by atoms with E-state index in [9.17, 15) is 0 Å². The topological polar surface area (TPSA) is 66.9 Å². The van der Waals surface area contributed by atoms with Crippen LogP contribution in [0.3, 0.4) is 0 Å². The zero-order chi connectivity index (χ0) is 15.2. The molecular formula is C16H20IN5O. The number of rotatable bonds is 5. The number of aromatic nitrogens is 2. The summed E-state index contributed by atoms with van der Waals surface area (Å²) in [6.07, 6.45) is 6.55. The molecular weight excluding hydrogens is 405 g/mol. The van der Waals surface area contributed by atoms with Gasteiger partial charge in [0.15, 0.2) is 5.96 Å². The molecule has 7 heteroatoms. The van der Waals surface area contributed by atoms with Crippen LogP contribution in [0.15, 0.2) is 58.4 Å². The fourth-order valence-electron chi connectivity index (χ4n) is 2.22. The van der Waals surface area contributed by atoms with Crippen LogP contribution in [0, 0.1) is 0 Å². The van der Waals surface area contributed by atoms with Crippen molar-refractivity contribution in [2.45, 2.75) is 13.0 Å². The van der Waals surface area contributed by atoms with E-state index in [0.29, 0.717) is 6.54 Å². The number of nitrogens with one attached hydrogen (secondary N) is 2. The lowest BCUT2D eigenvalue weighted by Gasteiger charge is -2.10. The second kappa shape index (κ2) is 8.56. The third-order valence-electron chi connectivity index (χ3n) is 3.32. The van der Waals surface area contributed by atoms with Gasteiger partial charge in [-0.15, -0.1) is 24.0 Å². The number of halogens is 1. The fraction of sp³-hybridized carbons (Fsp3) is 0.250. The average Bonchev–Trinajstić information content (AvgIpc) is 3.19. The molecule has 6 nitrogen and oxygen atoms in total. The number of furan rings is 1. The summed E-state index contributed by atoms with van der Waals surface area (Å²) in [7, 11) is 1.75. The zero-order valence-electron chi connectivity index (χ0n) is 12.9. The lowest BCUT2D eigenvalue weighted by molar-refractivity contribution is 0.501. The van der Waals surface area contributed by atoms with Gasteiger partial charge in [-0.3, -0.25) is 4.99 Å². The molecule has 0 amide bonds. The average molecular weight is 425 g/mol. The monoisotopic (exact) mass is 425 g/mol. The Hall–Kier alpha value is -2.03. The van der Waals surface area contributed by atoms with Crippen LogP contribution in [0.4, 0.5) is 0 Å². The highest BCUT2D eigenvalue weighted by molar-refractivity contribution is 14.0. The van der Waals surface area contributed by atoms with Gasteiger partial charge in [0.25, 0.3) is 0 Å². The maximum atomic E-state index is 5.28. The molecule has 0 fully saturated rings. The van der Waals surface area contributed by atoms with Gasteiger partial charge in [-0.25, -0.2) is 4.98 Å². The summed E-state index contributed by atoms with van der Waals surface area (Å²) in [5.74, 6) is 1.63. The van der Waals surface area contributed by atoms with Gasteiger partial charge in [0, 0.05) is 32.4 Å². The molecule has 0 saturated heterocycles. The van der Waals surface area contributed by atoms with Crippen molar-refractivity contribution in [3.05, 3.63) is 60.4 Å². The molecule has 3 aromatic heterocycles. The molecule has 0 aliphatic carbocycles. The van der Waals surface area contributed by atoms with E-state index in [1.165, 1.54) is 0 Å².